The van der Waals surface area contributed by atoms with Crippen molar-refractivity contribution < 1.29 is 4.79 Å². The van der Waals surface area contributed by atoms with Gasteiger partial charge in [0.2, 0.25) is 5.91 Å². The lowest BCUT2D eigenvalue weighted by atomic mass is 10.00. The maximum Gasteiger partial charge on any atom is 0.236 e. The normalized spacial score (nSPS) is 22.2. The van der Waals surface area contributed by atoms with E-state index < -0.39 is 0 Å². The smallest absolute Gasteiger partial charge is 0.236 e. The fourth-order valence-electron chi connectivity index (χ4n) is 2.20. The molecule has 0 spiro atoms. The third-order valence-corrected chi connectivity index (χ3v) is 3.19. The topological polar surface area (TPSA) is 32.3 Å². The van der Waals surface area contributed by atoms with Crippen LogP contribution in [0.25, 0.3) is 0 Å². The molecule has 1 unspecified atom stereocenters. The Morgan fingerprint density at radius 1 is 1.38 bits per heavy atom. The van der Waals surface area contributed by atoms with E-state index >= 15 is 0 Å². The summed E-state index contributed by atoms with van der Waals surface area (Å²) in [5.74, 6) is 0.265. The molecular formula is C13H26N2O. The molecule has 1 aliphatic rings. The molecule has 1 N–H and O–H groups in total. The Bertz CT molecular complexity index is 233. The second-order valence-corrected chi connectivity index (χ2v) is 5.75. The highest BCUT2D eigenvalue weighted by Gasteiger charge is 2.25. The predicted octanol–water partition coefficient (Wildman–Crippen LogP) is 2.17. The molecule has 0 aromatic rings. The first-order chi connectivity index (χ1) is 7.44. The van der Waals surface area contributed by atoms with Gasteiger partial charge in [0, 0.05) is 18.1 Å². The average molecular weight is 226 g/mol. The molecule has 1 saturated heterocycles. The Hall–Kier alpha value is -0.570. The van der Waals surface area contributed by atoms with Gasteiger partial charge < -0.3 is 10.2 Å². The van der Waals surface area contributed by atoms with Gasteiger partial charge in [-0.15, -0.1) is 0 Å². The number of hydrogen-bond donors (Lipinski definition) is 1. The van der Waals surface area contributed by atoms with Crippen LogP contribution in [0.5, 0.6) is 0 Å². The summed E-state index contributed by atoms with van der Waals surface area (Å²) >= 11 is 0. The minimum atomic E-state index is 0.0210. The van der Waals surface area contributed by atoms with Gasteiger partial charge in [0.15, 0.2) is 0 Å². The summed E-state index contributed by atoms with van der Waals surface area (Å²) in [7, 11) is 0. The molecule has 1 atom stereocenters. The van der Waals surface area contributed by atoms with E-state index in [0.29, 0.717) is 12.6 Å². The van der Waals surface area contributed by atoms with Crippen LogP contribution < -0.4 is 5.32 Å². The first-order valence-corrected chi connectivity index (χ1v) is 6.48. The second kappa shape index (κ2) is 5.67. The molecule has 0 aromatic heterocycles. The van der Waals surface area contributed by atoms with Crippen LogP contribution in [-0.2, 0) is 4.79 Å². The minimum Gasteiger partial charge on any atom is -0.339 e. The van der Waals surface area contributed by atoms with Crippen molar-refractivity contribution in [3.63, 3.8) is 0 Å². The van der Waals surface area contributed by atoms with Gasteiger partial charge in [0.1, 0.15) is 0 Å². The van der Waals surface area contributed by atoms with Crippen LogP contribution in [0.2, 0.25) is 0 Å². The van der Waals surface area contributed by atoms with Crippen LogP contribution in [0, 0.1) is 0 Å². The number of likely N-dealkylation sites (tertiary alicyclic amines) is 1. The van der Waals surface area contributed by atoms with Crippen molar-refractivity contribution in [2.24, 2.45) is 0 Å². The lowest BCUT2D eigenvalue weighted by Gasteiger charge is -2.36. The number of carbonyl (C=O) groups excluding carboxylic acids is 1. The van der Waals surface area contributed by atoms with Gasteiger partial charge in [-0.2, -0.15) is 0 Å². The first kappa shape index (κ1) is 13.5. The van der Waals surface area contributed by atoms with Crippen LogP contribution >= 0.6 is 0 Å². The van der Waals surface area contributed by atoms with Crippen LogP contribution in [0.3, 0.4) is 0 Å². The lowest BCUT2D eigenvalue weighted by Crippen LogP contribution is -2.49. The van der Waals surface area contributed by atoms with E-state index in [4.69, 9.17) is 0 Å². The Morgan fingerprint density at radius 2 is 2.06 bits per heavy atom. The molecule has 16 heavy (non-hydrogen) atoms. The molecule has 0 aromatic carbocycles. The van der Waals surface area contributed by atoms with E-state index in [1.54, 1.807) is 0 Å². The van der Waals surface area contributed by atoms with Gasteiger partial charge in [-0.1, -0.05) is 6.92 Å². The van der Waals surface area contributed by atoms with Crippen molar-refractivity contribution in [3.05, 3.63) is 0 Å². The fraction of sp³-hybridized carbons (Fsp3) is 0.923. The molecule has 0 saturated carbocycles. The highest BCUT2D eigenvalue weighted by atomic mass is 16.2. The summed E-state index contributed by atoms with van der Waals surface area (Å²) in [6.07, 6.45) is 4.70. The molecule has 1 rings (SSSR count). The first-order valence-electron chi connectivity index (χ1n) is 6.48. The van der Waals surface area contributed by atoms with Crippen molar-refractivity contribution in [3.8, 4) is 0 Å². The average Bonchev–Trinajstić information content (AvgIpc) is 2.25. The summed E-state index contributed by atoms with van der Waals surface area (Å²) < 4.78 is 0. The molecule has 1 heterocycles. The van der Waals surface area contributed by atoms with Gasteiger partial charge in [0.25, 0.3) is 0 Å². The largest absolute Gasteiger partial charge is 0.339 e. The van der Waals surface area contributed by atoms with Gasteiger partial charge in [-0.05, 0) is 46.5 Å². The van der Waals surface area contributed by atoms with Crippen molar-refractivity contribution in [1.82, 2.24) is 10.2 Å². The third kappa shape index (κ3) is 4.12. The highest BCUT2D eigenvalue weighted by molar-refractivity contribution is 5.78. The van der Waals surface area contributed by atoms with E-state index in [1.165, 1.54) is 12.8 Å². The Labute approximate surface area is 99.6 Å². The van der Waals surface area contributed by atoms with Crippen molar-refractivity contribution >= 4 is 5.91 Å². The maximum atomic E-state index is 12.1. The van der Waals surface area contributed by atoms with E-state index in [9.17, 15) is 4.79 Å². The fourth-order valence-corrected chi connectivity index (χ4v) is 2.20. The van der Waals surface area contributed by atoms with Gasteiger partial charge in [0.05, 0.1) is 6.54 Å². The molecule has 3 heteroatoms. The predicted molar refractivity (Wildman–Crippen MR) is 67.4 cm³/mol. The van der Waals surface area contributed by atoms with Crippen LogP contribution in [-0.4, -0.2) is 35.5 Å². The lowest BCUT2D eigenvalue weighted by molar-refractivity contribution is -0.134. The van der Waals surface area contributed by atoms with Gasteiger partial charge in [-0.3, -0.25) is 4.79 Å². The van der Waals surface area contributed by atoms with Crippen molar-refractivity contribution in [2.75, 3.05) is 13.1 Å². The zero-order chi connectivity index (χ0) is 12.2. The maximum absolute atomic E-state index is 12.1. The number of carbonyl (C=O) groups is 1. The Kier molecular flexibility index (Phi) is 4.78. The highest BCUT2D eigenvalue weighted by Crippen LogP contribution is 2.19. The summed E-state index contributed by atoms with van der Waals surface area (Å²) in [5, 5.41) is 3.27. The molecule has 0 radical (unpaired) electrons. The summed E-state index contributed by atoms with van der Waals surface area (Å²) in [4.78, 5) is 14.1. The van der Waals surface area contributed by atoms with Crippen LogP contribution in [0.4, 0.5) is 0 Å². The zero-order valence-corrected chi connectivity index (χ0v) is 11.2. The van der Waals surface area contributed by atoms with E-state index in [2.05, 4.69) is 37.9 Å². The van der Waals surface area contributed by atoms with Crippen LogP contribution in [0.1, 0.15) is 53.4 Å². The summed E-state index contributed by atoms with van der Waals surface area (Å²) in [6, 6.07) is 0.475. The molecule has 3 nitrogen and oxygen atoms in total. The van der Waals surface area contributed by atoms with Gasteiger partial charge in [-0.25, -0.2) is 0 Å². The van der Waals surface area contributed by atoms with E-state index in [0.717, 1.165) is 19.4 Å². The van der Waals surface area contributed by atoms with E-state index in [1.807, 2.05) is 0 Å². The number of piperidine rings is 1. The molecule has 1 amide bonds. The van der Waals surface area contributed by atoms with Crippen molar-refractivity contribution in [1.29, 1.82) is 0 Å². The van der Waals surface area contributed by atoms with Crippen molar-refractivity contribution in [2.45, 2.75) is 65.0 Å². The molecule has 1 aliphatic heterocycles. The molecule has 1 fully saturated rings. The molecule has 94 valence electrons. The Balaban J connectivity index is 2.45. The molecular weight excluding hydrogens is 200 g/mol. The monoisotopic (exact) mass is 226 g/mol. The standard InChI is InChI=1S/C13H26N2O/c1-5-11-8-6-7-9-15(11)12(16)10-14-13(2,3)4/h11,14H,5-10H2,1-4H3. The molecule has 0 bridgehead atoms. The number of nitrogens with zero attached hydrogens (tertiary/aromatic N) is 1. The second-order valence-electron chi connectivity index (χ2n) is 5.75. The van der Waals surface area contributed by atoms with Gasteiger partial charge >= 0.3 is 0 Å². The number of hydrogen-bond acceptors (Lipinski definition) is 2. The van der Waals surface area contributed by atoms with E-state index in [-0.39, 0.29) is 11.4 Å². The number of amides is 1. The third-order valence-electron chi connectivity index (χ3n) is 3.19. The van der Waals surface area contributed by atoms with Crippen LogP contribution in [0.15, 0.2) is 0 Å². The Morgan fingerprint density at radius 3 is 2.62 bits per heavy atom. The SMILES string of the molecule is CCC1CCCCN1C(=O)CNC(C)(C)C. The zero-order valence-electron chi connectivity index (χ0n) is 11.2. The quantitative estimate of drug-likeness (QED) is 0.800. The number of nitrogens with one attached hydrogen (secondary N) is 1. The minimum absolute atomic E-state index is 0.0210. The number of rotatable bonds is 3. The summed E-state index contributed by atoms with van der Waals surface area (Å²) in [6.45, 7) is 9.87. The molecule has 0 aliphatic carbocycles. The summed E-state index contributed by atoms with van der Waals surface area (Å²) in [5.41, 5.74) is 0.0210.